The van der Waals surface area contributed by atoms with E-state index in [1.165, 1.54) is 45.4 Å². The molecule has 2 nitrogen and oxygen atoms in total. The first-order valence-electron chi connectivity index (χ1n) is 5.29. The third-order valence-corrected chi connectivity index (χ3v) is 2.67. The highest BCUT2D eigenvalue weighted by Gasteiger charge is 2.13. The molecule has 1 aliphatic rings. The predicted molar refractivity (Wildman–Crippen MR) is 53.4 cm³/mol. The van der Waals surface area contributed by atoms with Gasteiger partial charge in [0.1, 0.15) is 0 Å². The van der Waals surface area contributed by atoms with Gasteiger partial charge in [0.25, 0.3) is 0 Å². The lowest BCUT2D eigenvalue weighted by Gasteiger charge is -2.30. The number of hydrogen-bond acceptors (Lipinski definition) is 2. The molecular weight excluding hydrogens is 148 g/mol. The van der Waals surface area contributed by atoms with E-state index in [2.05, 4.69) is 24.1 Å². The van der Waals surface area contributed by atoms with Gasteiger partial charge in [-0.15, -0.1) is 0 Å². The predicted octanol–water partition coefficient (Wildman–Crippen LogP) is 1.47. The molecule has 1 heterocycles. The molecule has 1 fully saturated rings. The van der Waals surface area contributed by atoms with Gasteiger partial charge < -0.3 is 10.2 Å². The lowest BCUT2D eigenvalue weighted by Crippen LogP contribution is -2.40. The number of hydrogen-bond donors (Lipinski definition) is 1. The van der Waals surface area contributed by atoms with Crippen LogP contribution in [0.2, 0.25) is 0 Å². The van der Waals surface area contributed by atoms with Crippen LogP contribution >= 0.6 is 0 Å². The van der Waals surface area contributed by atoms with Crippen molar-refractivity contribution in [2.45, 2.75) is 39.2 Å². The Morgan fingerprint density at radius 2 is 2.25 bits per heavy atom. The van der Waals surface area contributed by atoms with E-state index < -0.39 is 0 Å². The van der Waals surface area contributed by atoms with Crippen LogP contribution in [0, 0.1) is 0 Å². The average molecular weight is 170 g/mol. The van der Waals surface area contributed by atoms with Crippen LogP contribution in [0.1, 0.15) is 33.1 Å². The van der Waals surface area contributed by atoms with Crippen molar-refractivity contribution in [3.8, 4) is 0 Å². The Kier molecular flexibility index (Phi) is 4.62. The Morgan fingerprint density at radius 1 is 1.42 bits per heavy atom. The van der Waals surface area contributed by atoms with Crippen molar-refractivity contribution in [1.29, 1.82) is 0 Å². The SMILES string of the molecule is CCCN1CCCNCCC1C. The topological polar surface area (TPSA) is 15.3 Å². The Morgan fingerprint density at radius 3 is 3.00 bits per heavy atom. The fourth-order valence-corrected chi connectivity index (χ4v) is 1.87. The van der Waals surface area contributed by atoms with Gasteiger partial charge in [0.05, 0.1) is 0 Å². The van der Waals surface area contributed by atoms with Gasteiger partial charge in [-0.05, 0) is 52.4 Å². The van der Waals surface area contributed by atoms with Crippen molar-refractivity contribution in [3.05, 3.63) is 0 Å². The van der Waals surface area contributed by atoms with Crippen molar-refractivity contribution in [3.63, 3.8) is 0 Å². The molecule has 2 heteroatoms. The molecule has 0 amide bonds. The minimum Gasteiger partial charge on any atom is -0.317 e. The van der Waals surface area contributed by atoms with E-state index in [0.717, 1.165) is 6.04 Å². The van der Waals surface area contributed by atoms with Gasteiger partial charge in [-0.2, -0.15) is 0 Å². The Balaban J connectivity index is 2.32. The maximum Gasteiger partial charge on any atom is 0.00790 e. The van der Waals surface area contributed by atoms with Crippen LogP contribution in [0.3, 0.4) is 0 Å². The second-order valence-electron chi connectivity index (χ2n) is 3.78. The van der Waals surface area contributed by atoms with Crippen molar-refractivity contribution in [2.75, 3.05) is 26.2 Å². The zero-order valence-corrected chi connectivity index (χ0v) is 8.47. The summed E-state index contributed by atoms with van der Waals surface area (Å²) in [6, 6.07) is 0.776. The third kappa shape index (κ3) is 3.11. The van der Waals surface area contributed by atoms with Crippen LogP contribution in [0.25, 0.3) is 0 Å². The maximum absolute atomic E-state index is 3.45. The highest BCUT2D eigenvalue weighted by atomic mass is 15.2. The van der Waals surface area contributed by atoms with Gasteiger partial charge in [-0.25, -0.2) is 0 Å². The molecule has 1 aliphatic heterocycles. The first-order valence-corrected chi connectivity index (χ1v) is 5.29. The smallest absolute Gasteiger partial charge is 0.00790 e. The monoisotopic (exact) mass is 170 g/mol. The molecule has 1 atom stereocenters. The normalized spacial score (nSPS) is 28.0. The molecule has 0 bridgehead atoms. The summed E-state index contributed by atoms with van der Waals surface area (Å²) >= 11 is 0. The Bertz CT molecular complexity index is 114. The molecule has 0 aromatic carbocycles. The van der Waals surface area contributed by atoms with Crippen LogP contribution in [-0.2, 0) is 0 Å². The summed E-state index contributed by atoms with van der Waals surface area (Å²) in [5.41, 5.74) is 0. The van der Waals surface area contributed by atoms with E-state index in [1.54, 1.807) is 0 Å². The van der Waals surface area contributed by atoms with Crippen LogP contribution in [0.15, 0.2) is 0 Å². The molecule has 1 rings (SSSR count). The summed E-state index contributed by atoms with van der Waals surface area (Å²) in [5.74, 6) is 0. The van der Waals surface area contributed by atoms with Gasteiger partial charge in [-0.1, -0.05) is 6.92 Å². The summed E-state index contributed by atoms with van der Waals surface area (Å²) in [7, 11) is 0. The highest BCUT2D eigenvalue weighted by Crippen LogP contribution is 2.06. The Hall–Kier alpha value is -0.0800. The van der Waals surface area contributed by atoms with Crippen molar-refractivity contribution >= 4 is 0 Å². The molecular formula is C10H22N2. The zero-order valence-electron chi connectivity index (χ0n) is 8.47. The van der Waals surface area contributed by atoms with E-state index in [1.807, 2.05) is 0 Å². The number of rotatable bonds is 2. The molecule has 72 valence electrons. The molecule has 0 aromatic heterocycles. The second-order valence-corrected chi connectivity index (χ2v) is 3.78. The summed E-state index contributed by atoms with van der Waals surface area (Å²) in [6.07, 6.45) is 3.90. The lowest BCUT2D eigenvalue weighted by atomic mass is 10.1. The van der Waals surface area contributed by atoms with E-state index in [-0.39, 0.29) is 0 Å². The van der Waals surface area contributed by atoms with Gasteiger partial charge >= 0.3 is 0 Å². The quantitative estimate of drug-likeness (QED) is 0.675. The minimum atomic E-state index is 0.776. The Labute approximate surface area is 76.3 Å². The molecule has 1 N–H and O–H groups in total. The summed E-state index contributed by atoms with van der Waals surface area (Å²) in [4.78, 5) is 2.63. The standard InChI is InChI=1S/C10H22N2/c1-3-8-12-9-4-6-11-7-5-10(12)2/h10-11H,3-9H2,1-2H3. The van der Waals surface area contributed by atoms with Gasteiger partial charge in [0.2, 0.25) is 0 Å². The van der Waals surface area contributed by atoms with Crippen molar-refractivity contribution < 1.29 is 0 Å². The van der Waals surface area contributed by atoms with Crippen molar-refractivity contribution in [2.24, 2.45) is 0 Å². The molecule has 1 saturated heterocycles. The average Bonchev–Trinajstić information content (AvgIpc) is 2.05. The summed E-state index contributed by atoms with van der Waals surface area (Å²) in [6.45, 7) is 9.57. The molecule has 1 unspecified atom stereocenters. The van der Waals surface area contributed by atoms with Gasteiger partial charge in [-0.3, -0.25) is 0 Å². The number of nitrogens with one attached hydrogen (secondary N) is 1. The van der Waals surface area contributed by atoms with Crippen molar-refractivity contribution in [1.82, 2.24) is 10.2 Å². The van der Waals surface area contributed by atoms with Gasteiger partial charge in [0, 0.05) is 6.04 Å². The zero-order chi connectivity index (χ0) is 8.81. The number of nitrogens with zero attached hydrogens (tertiary/aromatic N) is 1. The first kappa shape index (κ1) is 10.0. The summed E-state index contributed by atoms with van der Waals surface area (Å²) < 4.78 is 0. The van der Waals surface area contributed by atoms with E-state index in [9.17, 15) is 0 Å². The molecule has 0 saturated carbocycles. The van der Waals surface area contributed by atoms with E-state index in [4.69, 9.17) is 0 Å². The van der Waals surface area contributed by atoms with Crippen LogP contribution in [0.4, 0.5) is 0 Å². The van der Waals surface area contributed by atoms with Crippen LogP contribution in [-0.4, -0.2) is 37.1 Å². The molecule has 0 radical (unpaired) electrons. The second kappa shape index (κ2) is 5.55. The molecule has 0 aliphatic carbocycles. The first-order chi connectivity index (χ1) is 5.84. The molecule has 0 aromatic rings. The van der Waals surface area contributed by atoms with E-state index >= 15 is 0 Å². The van der Waals surface area contributed by atoms with E-state index in [0.29, 0.717) is 0 Å². The lowest BCUT2D eigenvalue weighted by molar-refractivity contribution is 0.186. The fraction of sp³-hybridized carbons (Fsp3) is 1.00. The van der Waals surface area contributed by atoms with Gasteiger partial charge in [0.15, 0.2) is 0 Å². The fourth-order valence-electron chi connectivity index (χ4n) is 1.87. The molecule has 12 heavy (non-hydrogen) atoms. The largest absolute Gasteiger partial charge is 0.317 e. The third-order valence-electron chi connectivity index (χ3n) is 2.67. The summed E-state index contributed by atoms with van der Waals surface area (Å²) in [5, 5.41) is 3.45. The van der Waals surface area contributed by atoms with Crippen LogP contribution < -0.4 is 5.32 Å². The minimum absolute atomic E-state index is 0.776. The molecule has 0 spiro atoms. The maximum atomic E-state index is 3.45. The highest BCUT2D eigenvalue weighted by molar-refractivity contribution is 4.71. The van der Waals surface area contributed by atoms with Crippen LogP contribution in [0.5, 0.6) is 0 Å².